The van der Waals surface area contributed by atoms with Crippen molar-refractivity contribution in [3.8, 4) is 0 Å². The van der Waals surface area contributed by atoms with Gasteiger partial charge in [-0.3, -0.25) is 4.79 Å². The van der Waals surface area contributed by atoms with Gasteiger partial charge in [-0.15, -0.1) is 0 Å². The van der Waals surface area contributed by atoms with E-state index < -0.39 is 0 Å². The molecule has 0 amide bonds. The Labute approximate surface area is 159 Å². The molecule has 2 saturated heterocycles. The molecule has 0 aromatic rings. The minimum atomic E-state index is -0.0268. The first-order valence-corrected chi connectivity index (χ1v) is 10.7. The van der Waals surface area contributed by atoms with Gasteiger partial charge in [-0.1, -0.05) is 19.3 Å². The summed E-state index contributed by atoms with van der Waals surface area (Å²) in [6.07, 6.45) is 12.2. The van der Waals surface area contributed by atoms with Gasteiger partial charge in [0.25, 0.3) is 0 Å². The largest absolute Gasteiger partial charge is 0.466 e. The van der Waals surface area contributed by atoms with Gasteiger partial charge < -0.3 is 18.9 Å². The van der Waals surface area contributed by atoms with Crippen molar-refractivity contribution in [3.05, 3.63) is 0 Å². The molecule has 0 spiro atoms. The quantitative estimate of drug-likeness (QED) is 0.340. The van der Waals surface area contributed by atoms with E-state index in [4.69, 9.17) is 18.9 Å². The summed E-state index contributed by atoms with van der Waals surface area (Å²) in [6.45, 7) is 5.82. The van der Waals surface area contributed by atoms with Crippen LogP contribution in [0.15, 0.2) is 0 Å². The number of hydrogen-bond donors (Lipinski definition) is 0. The zero-order valence-corrected chi connectivity index (χ0v) is 16.4. The fraction of sp³-hybridized carbons (Fsp3) is 0.952. The van der Waals surface area contributed by atoms with E-state index in [0.717, 1.165) is 77.7 Å². The van der Waals surface area contributed by atoms with Gasteiger partial charge in [-0.2, -0.15) is 0 Å². The maximum Gasteiger partial charge on any atom is 0.306 e. The highest BCUT2D eigenvalue weighted by Crippen LogP contribution is 2.22. The van der Waals surface area contributed by atoms with Crippen molar-refractivity contribution >= 4 is 5.97 Å². The van der Waals surface area contributed by atoms with Gasteiger partial charge >= 0.3 is 5.97 Å². The van der Waals surface area contributed by atoms with Crippen LogP contribution in [0.2, 0.25) is 0 Å². The molecule has 2 aliphatic rings. The molecule has 152 valence electrons. The van der Waals surface area contributed by atoms with Gasteiger partial charge in [-0.25, -0.2) is 0 Å². The average molecular weight is 371 g/mol. The summed E-state index contributed by atoms with van der Waals surface area (Å²) >= 11 is 0. The molecule has 0 aromatic heterocycles. The van der Waals surface area contributed by atoms with Crippen LogP contribution in [0, 0.1) is 11.8 Å². The lowest BCUT2D eigenvalue weighted by Crippen LogP contribution is -2.20. The molecule has 2 fully saturated rings. The molecule has 0 aromatic carbocycles. The van der Waals surface area contributed by atoms with Crippen molar-refractivity contribution in [1.29, 1.82) is 0 Å². The van der Waals surface area contributed by atoms with Crippen LogP contribution in [0.4, 0.5) is 0 Å². The van der Waals surface area contributed by atoms with Crippen LogP contribution in [0.3, 0.4) is 0 Å². The van der Waals surface area contributed by atoms with Gasteiger partial charge in [0, 0.05) is 46.1 Å². The molecular formula is C21H38O5. The van der Waals surface area contributed by atoms with Crippen LogP contribution < -0.4 is 0 Å². The Bertz CT molecular complexity index is 354. The van der Waals surface area contributed by atoms with E-state index in [2.05, 4.69) is 0 Å². The fourth-order valence-electron chi connectivity index (χ4n) is 3.76. The summed E-state index contributed by atoms with van der Waals surface area (Å²) in [4.78, 5) is 11.2. The summed E-state index contributed by atoms with van der Waals surface area (Å²) in [5, 5.41) is 0. The molecule has 5 nitrogen and oxygen atoms in total. The summed E-state index contributed by atoms with van der Waals surface area (Å²) in [5.74, 6) is 1.38. The van der Waals surface area contributed by atoms with Crippen molar-refractivity contribution in [2.75, 3.05) is 46.2 Å². The second-order valence-corrected chi connectivity index (χ2v) is 7.70. The Morgan fingerprint density at radius 2 is 1.31 bits per heavy atom. The average Bonchev–Trinajstić information content (AvgIpc) is 2.66. The maximum absolute atomic E-state index is 11.2. The molecular weight excluding hydrogens is 332 g/mol. The van der Waals surface area contributed by atoms with E-state index in [1.807, 2.05) is 0 Å². The highest BCUT2D eigenvalue weighted by molar-refractivity contribution is 5.70. The number of hydrogen-bond acceptors (Lipinski definition) is 5. The van der Waals surface area contributed by atoms with E-state index in [1.165, 1.54) is 32.1 Å². The second-order valence-electron chi connectivity index (χ2n) is 7.70. The minimum Gasteiger partial charge on any atom is -0.466 e. The predicted molar refractivity (Wildman–Crippen MR) is 101 cm³/mol. The molecule has 0 N–H and O–H groups in total. The molecule has 26 heavy (non-hydrogen) atoms. The number of rotatable bonds is 14. The third kappa shape index (κ3) is 10.5. The number of ether oxygens (including phenoxy) is 4. The van der Waals surface area contributed by atoms with E-state index in [0.29, 0.717) is 18.9 Å². The van der Waals surface area contributed by atoms with Crippen LogP contribution in [-0.2, 0) is 23.7 Å². The monoisotopic (exact) mass is 370 g/mol. The summed E-state index contributed by atoms with van der Waals surface area (Å²) in [5.41, 5.74) is 0. The molecule has 0 saturated carbocycles. The summed E-state index contributed by atoms with van der Waals surface area (Å²) in [6, 6.07) is 0. The van der Waals surface area contributed by atoms with Crippen LogP contribution >= 0.6 is 0 Å². The Hall–Kier alpha value is -0.650. The molecule has 0 aliphatic carbocycles. The topological polar surface area (TPSA) is 54.0 Å². The molecule has 2 rings (SSSR count). The maximum atomic E-state index is 11.2. The first kappa shape index (κ1) is 21.6. The van der Waals surface area contributed by atoms with Gasteiger partial charge in [0.05, 0.1) is 6.61 Å². The molecule has 2 heterocycles. The van der Waals surface area contributed by atoms with E-state index in [-0.39, 0.29) is 5.97 Å². The van der Waals surface area contributed by atoms with Crippen molar-refractivity contribution < 1.29 is 23.7 Å². The van der Waals surface area contributed by atoms with Crippen LogP contribution in [0.1, 0.15) is 70.6 Å². The molecule has 0 radical (unpaired) electrons. The van der Waals surface area contributed by atoms with Crippen LogP contribution in [0.5, 0.6) is 0 Å². The first-order valence-electron chi connectivity index (χ1n) is 10.7. The Morgan fingerprint density at radius 1 is 0.731 bits per heavy atom. The smallest absolute Gasteiger partial charge is 0.306 e. The molecule has 0 bridgehead atoms. The molecule has 1 unspecified atom stereocenters. The molecule has 2 aliphatic heterocycles. The lowest BCUT2D eigenvalue weighted by Gasteiger charge is -2.21. The van der Waals surface area contributed by atoms with Gasteiger partial charge in [-0.05, 0) is 56.8 Å². The summed E-state index contributed by atoms with van der Waals surface area (Å²) < 4.78 is 21.7. The lowest BCUT2D eigenvalue weighted by molar-refractivity contribution is -0.149. The van der Waals surface area contributed by atoms with Crippen LogP contribution in [-0.4, -0.2) is 52.2 Å². The van der Waals surface area contributed by atoms with E-state index in [1.54, 1.807) is 0 Å². The van der Waals surface area contributed by atoms with Crippen LogP contribution in [0.25, 0.3) is 0 Å². The Balaban J connectivity index is 1.25. The third-order valence-electron chi connectivity index (χ3n) is 5.46. The zero-order valence-electron chi connectivity index (χ0n) is 16.4. The number of esters is 1. The predicted octanol–water partition coefficient (Wildman–Crippen LogP) is 4.13. The number of carbonyl (C=O) groups excluding carboxylic acids is 1. The SMILES string of the molecule is O=C1CC(CCCCOCCCOCCCCC2CCOCC2)CCO1. The second kappa shape index (κ2) is 14.4. The molecule has 1 atom stereocenters. The Kier molecular flexibility index (Phi) is 12.0. The lowest BCUT2D eigenvalue weighted by atomic mass is 9.94. The van der Waals surface area contributed by atoms with Crippen molar-refractivity contribution in [3.63, 3.8) is 0 Å². The van der Waals surface area contributed by atoms with Crippen molar-refractivity contribution in [2.45, 2.75) is 70.6 Å². The highest BCUT2D eigenvalue weighted by Gasteiger charge is 2.19. The zero-order chi connectivity index (χ0) is 18.3. The normalized spacial score (nSPS) is 21.7. The number of cyclic esters (lactones) is 1. The summed E-state index contributed by atoms with van der Waals surface area (Å²) in [7, 11) is 0. The van der Waals surface area contributed by atoms with Crippen molar-refractivity contribution in [1.82, 2.24) is 0 Å². The standard InChI is InChI=1S/C21H38O5/c22-21-18-20(10-17-26-21)7-2-4-12-24-14-5-13-23-11-3-1-6-19-8-15-25-16-9-19/h19-20H,1-18H2. The minimum absolute atomic E-state index is 0.0268. The van der Waals surface area contributed by atoms with E-state index >= 15 is 0 Å². The number of unbranched alkanes of at least 4 members (excludes halogenated alkanes) is 2. The molecule has 5 heteroatoms. The highest BCUT2D eigenvalue weighted by atomic mass is 16.5. The first-order chi connectivity index (χ1) is 12.8. The van der Waals surface area contributed by atoms with Gasteiger partial charge in [0.1, 0.15) is 0 Å². The van der Waals surface area contributed by atoms with Gasteiger partial charge in [0.2, 0.25) is 0 Å². The third-order valence-corrected chi connectivity index (χ3v) is 5.46. The van der Waals surface area contributed by atoms with E-state index in [9.17, 15) is 4.79 Å². The Morgan fingerprint density at radius 3 is 1.96 bits per heavy atom. The fourth-order valence-corrected chi connectivity index (χ4v) is 3.76. The van der Waals surface area contributed by atoms with Crippen molar-refractivity contribution in [2.24, 2.45) is 11.8 Å². The van der Waals surface area contributed by atoms with Gasteiger partial charge in [0.15, 0.2) is 0 Å². The number of carbonyl (C=O) groups is 1.